The Morgan fingerprint density at radius 2 is 1.78 bits per heavy atom. The summed E-state index contributed by atoms with van der Waals surface area (Å²) in [6.07, 6.45) is -3.56. The van der Waals surface area contributed by atoms with Crippen molar-refractivity contribution in [2.24, 2.45) is 5.92 Å². The van der Waals surface area contributed by atoms with E-state index >= 15 is 0 Å². The van der Waals surface area contributed by atoms with E-state index in [0.29, 0.717) is 4.90 Å². The van der Waals surface area contributed by atoms with E-state index in [1.165, 1.54) is 12.1 Å². The van der Waals surface area contributed by atoms with E-state index in [1.807, 2.05) is 5.32 Å². The van der Waals surface area contributed by atoms with Gasteiger partial charge in [-0.15, -0.1) is 0 Å². The lowest BCUT2D eigenvalue weighted by Crippen LogP contribution is -2.61. The molecule has 2 aromatic rings. The maximum absolute atomic E-state index is 14.6. The normalized spacial score (nSPS) is 18.7. The van der Waals surface area contributed by atoms with E-state index in [2.05, 4.69) is 5.10 Å². The number of carbonyl (C=O) groups excluding carboxylic acids is 2. The first-order valence-electron chi connectivity index (χ1n) is 14.0. The molecule has 1 aliphatic carbocycles. The molecule has 0 saturated carbocycles. The Labute approximate surface area is 257 Å². The van der Waals surface area contributed by atoms with E-state index in [4.69, 9.17) is 5.73 Å². The van der Waals surface area contributed by atoms with Crippen LogP contribution in [0.3, 0.4) is 0 Å². The topological polar surface area (TPSA) is 134 Å². The predicted octanol–water partition coefficient (Wildman–Crippen LogP) is 4.58. The fourth-order valence-electron chi connectivity index (χ4n) is 4.56. The minimum atomic E-state index is -5.42. The molecular weight excluding hydrogens is 624 g/mol. The van der Waals surface area contributed by atoms with Gasteiger partial charge in [-0.3, -0.25) is 9.59 Å². The van der Waals surface area contributed by atoms with Crippen LogP contribution in [0.15, 0.2) is 54.5 Å². The summed E-state index contributed by atoms with van der Waals surface area (Å²) in [5, 5.41) is 16.1. The van der Waals surface area contributed by atoms with Gasteiger partial charge in [0.15, 0.2) is 13.9 Å². The van der Waals surface area contributed by atoms with Gasteiger partial charge < -0.3 is 25.9 Å². The van der Waals surface area contributed by atoms with Gasteiger partial charge in [0.05, 0.1) is 25.0 Å². The highest BCUT2D eigenvalue weighted by molar-refractivity contribution is 6.72. The zero-order valence-electron chi connectivity index (χ0n) is 25.2. The summed E-state index contributed by atoms with van der Waals surface area (Å²) < 4.78 is 86.7. The van der Waals surface area contributed by atoms with Crippen molar-refractivity contribution in [2.75, 3.05) is 25.4 Å². The maximum Gasteiger partial charge on any atom is 0.420 e. The van der Waals surface area contributed by atoms with Gasteiger partial charge in [-0.25, -0.2) is 17.9 Å². The van der Waals surface area contributed by atoms with Crippen molar-refractivity contribution in [3.8, 4) is 5.69 Å². The van der Waals surface area contributed by atoms with Crippen LogP contribution in [-0.4, -0.2) is 82.3 Å². The van der Waals surface area contributed by atoms with Gasteiger partial charge in [-0.2, -0.15) is 18.3 Å². The number of anilines is 1. The number of benzene rings is 1. The highest BCUT2D eigenvalue weighted by Crippen LogP contribution is 2.40. The van der Waals surface area contributed by atoms with Crippen molar-refractivity contribution < 1.29 is 45.8 Å². The number of rotatable bonds is 12. The van der Waals surface area contributed by atoms with E-state index in [-0.39, 0.29) is 29.9 Å². The predicted molar refractivity (Wildman–Crippen MR) is 158 cm³/mol. The molecule has 5 N–H and O–H groups in total. The van der Waals surface area contributed by atoms with Crippen molar-refractivity contribution in [3.63, 3.8) is 0 Å². The molecule has 0 radical (unpaired) electrons. The number of amides is 2. The molecule has 1 aliphatic rings. The van der Waals surface area contributed by atoms with E-state index < -0.39 is 80.3 Å². The van der Waals surface area contributed by atoms with Crippen LogP contribution in [0.25, 0.3) is 5.69 Å². The SMILES string of the molecule is CC(C)(CCCN(C[C@@](O)(CNC(=O)c1cnn(-c2ccc(F)cc2)c1N)C(F)(F)F)C(=O)C1C(F)=CC=CC1F)[Si](C)(C)O. The summed E-state index contributed by atoms with van der Waals surface area (Å²) in [6.45, 7) is 3.55. The van der Waals surface area contributed by atoms with Crippen molar-refractivity contribution in [1.29, 1.82) is 0 Å². The molecule has 1 heterocycles. The first-order valence-corrected chi connectivity index (χ1v) is 17.0. The van der Waals surface area contributed by atoms with Gasteiger partial charge in [-0.05, 0) is 67.4 Å². The summed E-state index contributed by atoms with van der Waals surface area (Å²) in [7, 11) is -2.75. The van der Waals surface area contributed by atoms with Crippen LogP contribution < -0.4 is 11.1 Å². The number of halogens is 6. The van der Waals surface area contributed by atoms with Gasteiger partial charge >= 0.3 is 6.18 Å². The summed E-state index contributed by atoms with van der Waals surface area (Å²) in [5.74, 6) is -6.56. The maximum atomic E-state index is 14.6. The van der Waals surface area contributed by atoms with E-state index in [9.17, 15) is 45.8 Å². The van der Waals surface area contributed by atoms with E-state index in [0.717, 1.165) is 41.2 Å². The average molecular weight is 662 g/mol. The lowest BCUT2D eigenvalue weighted by atomic mass is 9.94. The van der Waals surface area contributed by atoms with Crippen molar-refractivity contribution in [2.45, 2.75) is 62.8 Å². The van der Waals surface area contributed by atoms with Crippen LogP contribution >= 0.6 is 0 Å². The third-order valence-electron chi connectivity index (χ3n) is 8.27. The smallest absolute Gasteiger partial charge is 0.420 e. The highest BCUT2D eigenvalue weighted by Gasteiger charge is 2.56. The molecular formula is C29H37F6N5O4Si. The van der Waals surface area contributed by atoms with Gasteiger partial charge in [0, 0.05) is 6.54 Å². The van der Waals surface area contributed by atoms with Crippen LogP contribution in [0.2, 0.25) is 18.1 Å². The van der Waals surface area contributed by atoms with Gasteiger partial charge in [-0.1, -0.05) is 19.9 Å². The quantitative estimate of drug-likeness (QED) is 0.195. The second-order valence-corrected chi connectivity index (χ2v) is 16.7. The highest BCUT2D eigenvalue weighted by atomic mass is 28.4. The van der Waals surface area contributed by atoms with Crippen molar-refractivity contribution in [1.82, 2.24) is 20.0 Å². The first-order chi connectivity index (χ1) is 20.7. The number of hydrogen-bond donors (Lipinski definition) is 4. The molecule has 3 atom stereocenters. The number of aliphatic hydroxyl groups is 1. The molecule has 1 aromatic carbocycles. The largest absolute Gasteiger partial charge is 0.432 e. The Balaban J connectivity index is 1.86. The number of nitrogens with two attached hydrogens (primary N) is 1. The van der Waals surface area contributed by atoms with Gasteiger partial charge in [0.1, 0.15) is 35.1 Å². The second kappa shape index (κ2) is 13.4. The zero-order valence-corrected chi connectivity index (χ0v) is 26.2. The Bertz CT molecular complexity index is 1440. The lowest BCUT2D eigenvalue weighted by Gasteiger charge is -2.39. The molecule has 0 spiro atoms. The number of carbonyl (C=O) groups is 2. The minimum Gasteiger partial charge on any atom is -0.432 e. The van der Waals surface area contributed by atoms with Crippen molar-refractivity contribution in [3.05, 3.63) is 65.9 Å². The molecule has 3 rings (SSSR count). The number of hydrogen-bond acceptors (Lipinski definition) is 6. The van der Waals surface area contributed by atoms with Gasteiger partial charge in [0.25, 0.3) is 5.91 Å². The molecule has 45 heavy (non-hydrogen) atoms. The average Bonchev–Trinajstić information content (AvgIpc) is 3.31. The molecule has 2 unspecified atom stereocenters. The molecule has 16 heteroatoms. The zero-order chi connectivity index (χ0) is 34.0. The number of aromatic nitrogens is 2. The molecule has 2 amide bonds. The van der Waals surface area contributed by atoms with Crippen LogP contribution in [0.1, 0.15) is 37.0 Å². The fourth-order valence-corrected chi connectivity index (χ4v) is 5.35. The number of allylic oxidation sites excluding steroid dienone is 3. The molecule has 0 aliphatic heterocycles. The number of nitrogens with zero attached hydrogens (tertiary/aromatic N) is 3. The monoisotopic (exact) mass is 661 g/mol. The Morgan fingerprint density at radius 3 is 2.33 bits per heavy atom. The second-order valence-electron chi connectivity index (χ2n) is 12.2. The molecule has 0 fully saturated rings. The number of nitrogen functional groups attached to an aromatic ring is 1. The Hall–Kier alpha value is -3.63. The summed E-state index contributed by atoms with van der Waals surface area (Å²) >= 11 is 0. The summed E-state index contributed by atoms with van der Waals surface area (Å²) in [4.78, 5) is 37.3. The minimum absolute atomic E-state index is 0.0416. The summed E-state index contributed by atoms with van der Waals surface area (Å²) in [5.41, 5.74) is 2.12. The molecule has 0 bridgehead atoms. The van der Waals surface area contributed by atoms with Crippen LogP contribution in [0, 0.1) is 11.7 Å². The standard InChI is InChI=1S/C29H37F6N5O4Si/c1-27(2,45(3,4)44)13-6-14-39(26(42)23-21(31)7-5-8-22(23)32)17-28(43,29(33,34)35)16-37-25(41)20-15-38-40(24(20)36)19-11-9-18(30)10-12-19/h5,7-12,15,21,23,43-44H,6,13-14,16-17,36H2,1-4H3,(H,37,41)/t21?,23?,28-/m0/s1. The van der Waals surface area contributed by atoms with Crippen molar-refractivity contribution >= 4 is 25.9 Å². The third-order valence-corrected chi connectivity index (χ3v) is 11.8. The molecule has 248 valence electrons. The number of nitrogens with one attached hydrogen (secondary N) is 1. The lowest BCUT2D eigenvalue weighted by molar-refractivity contribution is -0.261. The van der Waals surface area contributed by atoms with Crippen LogP contribution in [0.5, 0.6) is 0 Å². The first kappa shape index (κ1) is 35.8. The van der Waals surface area contributed by atoms with Gasteiger partial charge in [0.2, 0.25) is 5.91 Å². The fraction of sp³-hybridized carbons (Fsp3) is 0.483. The molecule has 1 aromatic heterocycles. The number of alkyl halides is 4. The van der Waals surface area contributed by atoms with E-state index in [1.54, 1.807) is 26.9 Å². The van der Waals surface area contributed by atoms with Crippen LogP contribution in [-0.2, 0) is 4.79 Å². The Kier molecular flexibility index (Phi) is 10.7. The molecule has 9 nitrogen and oxygen atoms in total. The Morgan fingerprint density at radius 1 is 1.16 bits per heavy atom. The molecule has 0 saturated heterocycles. The summed E-state index contributed by atoms with van der Waals surface area (Å²) in [6, 6.07) is 4.83. The van der Waals surface area contributed by atoms with Crippen LogP contribution in [0.4, 0.5) is 32.2 Å². The third kappa shape index (κ3) is 8.15.